The highest BCUT2D eigenvalue weighted by Gasteiger charge is 2.31. The molecule has 2 atom stereocenters. The van der Waals surface area contributed by atoms with Gasteiger partial charge >= 0.3 is 0 Å². The number of piperidine rings is 1. The number of rotatable bonds is 5. The Balaban J connectivity index is 1.82. The average molecular weight is 296 g/mol. The zero-order valence-corrected chi connectivity index (χ0v) is 13.1. The van der Waals surface area contributed by atoms with Crippen LogP contribution in [0.15, 0.2) is 17.5 Å². The summed E-state index contributed by atoms with van der Waals surface area (Å²) in [6.07, 6.45) is 2.08. The standard InChI is InChI=1S/C15H24N2O2S/c1-12(13-5-3-8-20-13)16-14(19)9-17-7-4-6-15(2,10-17)11-18/h3,5,8,12,18H,4,6-7,9-11H2,1-2H3,(H,16,19). The number of carbonyl (C=O) groups is 1. The molecule has 1 saturated heterocycles. The SMILES string of the molecule is CC(NC(=O)CN1CCCC(C)(CO)C1)c1cccs1. The first-order valence-electron chi connectivity index (χ1n) is 7.18. The van der Waals surface area contributed by atoms with Crippen LogP contribution in [0.3, 0.4) is 0 Å². The number of thiophene rings is 1. The van der Waals surface area contributed by atoms with Gasteiger partial charge in [-0.2, -0.15) is 0 Å². The van der Waals surface area contributed by atoms with Crippen LogP contribution in [0.1, 0.15) is 37.6 Å². The molecule has 1 aliphatic heterocycles. The first kappa shape index (κ1) is 15.5. The zero-order chi connectivity index (χ0) is 14.6. The monoisotopic (exact) mass is 296 g/mol. The molecule has 112 valence electrons. The van der Waals surface area contributed by atoms with Crippen molar-refractivity contribution < 1.29 is 9.90 Å². The minimum absolute atomic E-state index is 0.0576. The summed E-state index contributed by atoms with van der Waals surface area (Å²) in [7, 11) is 0. The van der Waals surface area contributed by atoms with E-state index in [4.69, 9.17) is 0 Å². The lowest BCUT2D eigenvalue weighted by Crippen LogP contribution is -2.47. The molecule has 1 aliphatic rings. The number of aliphatic hydroxyl groups excluding tert-OH is 1. The third-order valence-electron chi connectivity index (χ3n) is 3.96. The van der Waals surface area contributed by atoms with Gasteiger partial charge < -0.3 is 10.4 Å². The Bertz CT molecular complexity index is 435. The summed E-state index contributed by atoms with van der Waals surface area (Å²) in [5, 5.41) is 14.5. The van der Waals surface area contributed by atoms with Gasteiger partial charge in [0.25, 0.3) is 0 Å². The van der Waals surface area contributed by atoms with Crippen LogP contribution >= 0.6 is 11.3 Å². The first-order chi connectivity index (χ1) is 9.52. The first-order valence-corrected chi connectivity index (χ1v) is 8.06. The highest BCUT2D eigenvalue weighted by Crippen LogP contribution is 2.28. The molecule has 20 heavy (non-hydrogen) atoms. The molecule has 2 N–H and O–H groups in total. The van der Waals surface area contributed by atoms with E-state index >= 15 is 0 Å². The predicted molar refractivity (Wildman–Crippen MR) is 81.7 cm³/mol. The largest absolute Gasteiger partial charge is 0.396 e. The van der Waals surface area contributed by atoms with E-state index in [-0.39, 0.29) is 24.0 Å². The van der Waals surface area contributed by atoms with Gasteiger partial charge in [0.1, 0.15) is 0 Å². The van der Waals surface area contributed by atoms with Crippen molar-refractivity contribution >= 4 is 17.2 Å². The number of nitrogens with zero attached hydrogens (tertiary/aromatic N) is 1. The average Bonchev–Trinajstić information content (AvgIpc) is 2.92. The topological polar surface area (TPSA) is 52.6 Å². The fourth-order valence-electron chi connectivity index (χ4n) is 2.79. The minimum Gasteiger partial charge on any atom is -0.396 e. The Kier molecular flexibility index (Phi) is 5.18. The summed E-state index contributed by atoms with van der Waals surface area (Å²) < 4.78 is 0. The molecular weight excluding hydrogens is 272 g/mol. The molecular formula is C15H24N2O2S. The van der Waals surface area contributed by atoms with Crippen molar-refractivity contribution in [3.05, 3.63) is 22.4 Å². The number of amides is 1. The lowest BCUT2D eigenvalue weighted by atomic mass is 9.83. The highest BCUT2D eigenvalue weighted by atomic mass is 32.1. The lowest BCUT2D eigenvalue weighted by Gasteiger charge is -2.39. The maximum Gasteiger partial charge on any atom is 0.234 e. The number of carbonyl (C=O) groups excluding carboxylic acids is 1. The number of hydrogen-bond donors (Lipinski definition) is 2. The molecule has 2 unspecified atom stereocenters. The summed E-state index contributed by atoms with van der Waals surface area (Å²) >= 11 is 1.66. The summed E-state index contributed by atoms with van der Waals surface area (Å²) in [6, 6.07) is 4.11. The molecule has 0 spiro atoms. The molecule has 0 aromatic carbocycles. The Hall–Kier alpha value is -0.910. The molecule has 1 amide bonds. The van der Waals surface area contributed by atoms with Gasteiger partial charge in [-0.05, 0) is 37.8 Å². The van der Waals surface area contributed by atoms with Crippen molar-refractivity contribution in [2.75, 3.05) is 26.2 Å². The number of nitrogens with one attached hydrogen (secondary N) is 1. The van der Waals surface area contributed by atoms with Crippen molar-refractivity contribution in [3.8, 4) is 0 Å². The smallest absolute Gasteiger partial charge is 0.234 e. The molecule has 0 radical (unpaired) electrons. The van der Waals surface area contributed by atoms with Crippen molar-refractivity contribution in [2.24, 2.45) is 5.41 Å². The van der Waals surface area contributed by atoms with Crippen molar-refractivity contribution in [1.82, 2.24) is 10.2 Å². The van der Waals surface area contributed by atoms with E-state index in [0.29, 0.717) is 6.54 Å². The Morgan fingerprint density at radius 1 is 1.65 bits per heavy atom. The lowest BCUT2D eigenvalue weighted by molar-refractivity contribution is -0.123. The molecule has 2 heterocycles. The van der Waals surface area contributed by atoms with Crippen LogP contribution < -0.4 is 5.32 Å². The quantitative estimate of drug-likeness (QED) is 0.874. The molecule has 1 aromatic rings. The second kappa shape index (κ2) is 6.70. The van der Waals surface area contributed by atoms with E-state index in [1.165, 1.54) is 4.88 Å². The Morgan fingerprint density at radius 2 is 2.45 bits per heavy atom. The summed E-state index contributed by atoms with van der Waals surface area (Å²) in [4.78, 5) is 15.4. The van der Waals surface area contributed by atoms with E-state index in [1.807, 2.05) is 24.4 Å². The molecule has 0 aliphatic carbocycles. The van der Waals surface area contributed by atoms with Gasteiger partial charge in [0, 0.05) is 23.4 Å². The van der Waals surface area contributed by atoms with Crippen LogP contribution in [0.5, 0.6) is 0 Å². The van der Waals surface area contributed by atoms with E-state index in [0.717, 1.165) is 25.9 Å². The van der Waals surface area contributed by atoms with Gasteiger partial charge in [-0.3, -0.25) is 9.69 Å². The van der Waals surface area contributed by atoms with E-state index in [2.05, 4.69) is 17.1 Å². The van der Waals surface area contributed by atoms with E-state index < -0.39 is 0 Å². The van der Waals surface area contributed by atoms with Crippen LogP contribution in [-0.2, 0) is 4.79 Å². The number of likely N-dealkylation sites (tertiary alicyclic amines) is 1. The summed E-state index contributed by atoms with van der Waals surface area (Å²) in [5.41, 5.74) is -0.0576. The van der Waals surface area contributed by atoms with Gasteiger partial charge in [0.05, 0.1) is 12.6 Å². The van der Waals surface area contributed by atoms with Gasteiger partial charge in [-0.25, -0.2) is 0 Å². The van der Waals surface area contributed by atoms with Gasteiger partial charge in [-0.1, -0.05) is 13.0 Å². The van der Waals surface area contributed by atoms with Gasteiger partial charge in [0.2, 0.25) is 5.91 Å². The van der Waals surface area contributed by atoms with Gasteiger partial charge in [-0.15, -0.1) is 11.3 Å². The van der Waals surface area contributed by atoms with Crippen molar-refractivity contribution in [1.29, 1.82) is 0 Å². The number of aliphatic hydroxyl groups is 1. The van der Waals surface area contributed by atoms with Crippen LogP contribution in [0.25, 0.3) is 0 Å². The van der Waals surface area contributed by atoms with Crippen molar-refractivity contribution in [3.63, 3.8) is 0 Å². The molecule has 1 fully saturated rings. The Labute approximate surface area is 124 Å². The molecule has 2 rings (SSSR count). The molecule has 0 saturated carbocycles. The second-order valence-electron chi connectivity index (χ2n) is 6.09. The van der Waals surface area contributed by atoms with Crippen LogP contribution in [0, 0.1) is 5.41 Å². The molecule has 0 bridgehead atoms. The summed E-state index contributed by atoms with van der Waals surface area (Å²) in [6.45, 7) is 6.45. The predicted octanol–water partition coefficient (Wildman–Crippen LogP) is 2.02. The normalized spacial score (nSPS) is 25.4. The number of hydrogen-bond acceptors (Lipinski definition) is 4. The summed E-state index contributed by atoms with van der Waals surface area (Å²) in [5.74, 6) is 0.0630. The van der Waals surface area contributed by atoms with E-state index in [9.17, 15) is 9.90 Å². The van der Waals surface area contributed by atoms with Crippen LogP contribution in [0.2, 0.25) is 0 Å². The van der Waals surface area contributed by atoms with Crippen LogP contribution in [0.4, 0.5) is 0 Å². The van der Waals surface area contributed by atoms with Gasteiger partial charge in [0.15, 0.2) is 0 Å². The maximum atomic E-state index is 12.1. The highest BCUT2D eigenvalue weighted by molar-refractivity contribution is 7.10. The third kappa shape index (κ3) is 4.04. The molecule has 1 aromatic heterocycles. The van der Waals surface area contributed by atoms with Crippen molar-refractivity contribution in [2.45, 2.75) is 32.7 Å². The fraction of sp³-hybridized carbons (Fsp3) is 0.667. The van der Waals surface area contributed by atoms with E-state index in [1.54, 1.807) is 11.3 Å². The minimum atomic E-state index is -0.0576. The maximum absolute atomic E-state index is 12.1. The fourth-order valence-corrected chi connectivity index (χ4v) is 3.52. The molecule has 5 heteroatoms. The molecule has 4 nitrogen and oxygen atoms in total. The Morgan fingerprint density at radius 3 is 3.10 bits per heavy atom. The van der Waals surface area contributed by atoms with Crippen LogP contribution in [-0.4, -0.2) is 42.2 Å². The second-order valence-corrected chi connectivity index (χ2v) is 7.07. The zero-order valence-electron chi connectivity index (χ0n) is 12.3. The third-order valence-corrected chi connectivity index (χ3v) is 5.01.